The fourth-order valence-electron chi connectivity index (χ4n) is 2.71. The first-order valence-corrected chi connectivity index (χ1v) is 8.72. The number of nitrogens with one attached hydrogen (secondary N) is 1. The quantitative estimate of drug-likeness (QED) is 0.775. The Bertz CT molecular complexity index is 349. The summed E-state index contributed by atoms with van der Waals surface area (Å²) in [5.74, 6) is 0. The molecule has 2 atom stereocenters. The third kappa shape index (κ3) is 5.92. The molecule has 0 radical (unpaired) electrons. The molecule has 114 valence electrons. The Morgan fingerprint density at radius 1 is 1.40 bits per heavy atom. The number of aliphatic hydroxyl groups excluding tert-OH is 1. The molecule has 1 aromatic rings. The summed E-state index contributed by atoms with van der Waals surface area (Å²) in [6.45, 7) is 3.23. The highest BCUT2D eigenvalue weighted by Gasteiger charge is 2.15. The largest absolute Gasteiger partial charge is 0.389 e. The Hall–Kier alpha value is -0.420. The van der Waals surface area contributed by atoms with Crippen LogP contribution < -0.4 is 5.32 Å². The predicted molar refractivity (Wildman–Crippen MR) is 84.3 cm³/mol. The molecule has 2 unspecified atom stereocenters. The van der Waals surface area contributed by atoms with E-state index >= 15 is 0 Å². The van der Waals surface area contributed by atoms with Gasteiger partial charge in [0.2, 0.25) is 0 Å². The van der Waals surface area contributed by atoms with E-state index in [0.29, 0.717) is 25.3 Å². The molecular weight excluding hydrogens is 270 g/mol. The number of rotatable bonds is 8. The smallest absolute Gasteiger partial charge is 0.0897 e. The third-order valence-corrected chi connectivity index (χ3v) is 4.63. The van der Waals surface area contributed by atoms with E-state index in [9.17, 15) is 5.11 Å². The SMILES string of the molecule is CC(Cc1ccsc1)NCC(O)COC1CCCCC1. The first kappa shape index (κ1) is 16.0. The molecule has 1 aliphatic carbocycles. The van der Waals surface area contributed by atoms with Crippen molar-refractivity contribution in [1.29, 1.82) is 0 Å². The van der Waals surface area contributed by atoms with E-state index in [4.69, 9.17) is 4.74 Å². The molecule has 0 aliphatic heterocycles. The Labute approximate surface area is 126 Å². The maximum atomic E-state index is 9.97. The lowest BCUT2D eigenvalue weighted by atomic mass is 9.98. The van der Waals surface area contributed by atoms with Gasteiger partial charge in [-0.3, -0.25) is 0 Å². The van der Waals surface area contributed by atoms with E-state index < -0.39 is 6.10 Å². The van der Waals surface area contributed by atoms with Gasteiger partial charge < -0.3 is 15.2 Å². The van der Waals surface area contributed by atoms with Crippen molar-refractivity contribution in [2.24, 2.45) is 0 Å². The number of hydrogen-bond acceptors (Lipinski definition) is 4. The first-order valence-electron chi connectivity index (χ1n) is 7.78. The zero-order valence-electron chi connectivity index (χ0n) is 12.4. The Morgan fingerprint density at radius 3 is 2.90 bits per heavy atom. The molecule has 0 spiro atoms. The van der Waals surface area contributed by atoms with Gasteiger partial charge in [-0.15, -0.1) is 0 Å². The normalized spacial score (nSPS) is 19.9. The van der Waals surface area contributed by atoms with Crippen molar-refractivity contribution in [1.82, 2.24) is 5.32 Å². The summed E-state index contributed by atoms with van der Waals surface area (Å²) in [5, 5.41) is 17.6. The van der Waals surface area contributed by atoms with Crippen LogP contribution in [0, 0.1) is 0 Å². The summed E-state index contributed by atoms with van der Waals surface area (Å²) in [4.78, 5) is 0. The van der Waals surface area contributed by atoms with Gasteiger partial charge in [-0.05, 0) is 48.6 Å². The molecule has 0 amide bonds. The third-order valence-electron chi connectivity index (χ3n) is 3.90. The molecular formula is C16H27NO2S. The van der Waals surface area contributed by atoms with Crippen LogP contribution in [-0.2, 0) is 11.2 Å². The van der Waals surface area contributed by atoms with Crippen LogP contribution in [0.1, 0.15) is 44.6 Å². The van der Waals surface area contributed by atoms with Crippen molar-refractivity contribution in [3.05, 3.63) is 22.4 Å². The van der Waals surface area contributed by atoms with Gasteiger partial charge in [0.25, 0.3) is 0 Å². The maximum Gasteiger partial charge on any atom is 0.0897 e. The van der Waals surface area contributed by atoms with E-state index in [0.717, 1.165) is 19.3 Å². The molecule has 1 heterocycles. The first-order chi connectivity index (χ1) is 9.74. The van der Waals surface area contributed by atoms with Crippen molar-refractivity contribution in [3.63, 3.8) is 0 Å². The average Bonchev–Trinajstić information content (AvgIpc) is 2.97. The minimum Gasteiger partial charge on any atom is -0.389 e. The number of aliphatic hydroxyl groups is 1. The molecule has 1 aromatic heterocycles. The highest BCUT2D eigenvalue weighted by Crippen LogP contribution is 2.20. The van der Waals surface area contributed by atoms with Gasteiger partial charge in [0.15, 0.2) is 0 Å². The fourth-order valence-corrected chi connectivity index (χ4v) is 3.39. The van der Waals surface area contributed by atoms with Crippen LogP contribution in [0.4, 0.5) is 0 Å². The Morgan fingerprint density at radius 2 is 2.20 bits per heavy atom. The Balaban J connectivity index is 1.55. The second kappa shape index (κ2) is 8.78. The minimum atomic E-state index is -0.401. The number of thiophene rings is 1. The lowest BCUT2D eigenvalue weighted by molar-refractivity contribution is -0.0234. The van der Waals surface area contributed by atoms with E-state index in [1.165, 1.54) is 24.8 Å². The topological polar surface area (TPSA) is 41.5 Å². The van der Waals surface area contributed by atoms with Gasteiger partial charge in [-0.1, -0.05) is 19.3 Å². The summed E-state index contributed by atoms with van der Waals surface area (Å²) in [6.07, 6.45) is 7.20. The van der Waals surface area contributed by atoms with Crippen molar-refractivity contribution in [3.8, 4) is 0 Å². The van der Waals surface area contributed by atoms with Crippen molar-refractivity contribution in [2.45, 2.75) is 63.7 Å². The lowest BCUT2D eigenvalue weighted by Gasteiger charge is -2.24. The standard InChI is InChI=1S/C16H27NO2S/c1-13(9-14-7-8-20-12-14)17-10-15(18)11-19-16-5-3-2-4-6-16/h7-8,12-13,15-18H,2-6,9-11H2,1H3. The molecule has 20 heavy (non-hydrogen) atoms. The molecule has 4 heteroatoms. The van der Waals surface area contributed by atoms with Crippen LogP contribution in [0.25, 0.3) is 0 Å². The van der Waals surface area contributed by atoms with Gasteiger partial charge in [0.1, 0.15) is 0 Å². The van der Waals surface area contributed by atoms with Gasteiger partial charge >= 0.3 is 0 Å². The molecule has 0 saturated heterocycles. The van der Waals surface area contributed by atoms with Gasteiger partial charge in [0.05, 0.1) is 18.8 Å². The van der Waals surface area contributed by atoms with E-state index in [2.05, 4.69) is 29.1 Å². The molecule has 2 rings (SSSR count). The van der Waals surface area contributed by atoms with Crippen molar-refractivity contribution >= 4 is 11.3 Å². The molecule has 0 aromatic carbocycles. The monoisotopic (exact) mass is 297 g/mol. The summed E-state index contributed by atoms with van der Waals surface area (Å²) >= 11 is 1.73. The minimum absolute atomic E-state index is 0.377. The fraction of sp³-hybridized carbons (Fsp3) is 0.750. The molecule has 3 nitrogen and oxygen atoms in total. The van der Waals surface area contributed by atoms with Crippen LogP contribution in [0.2, 0.25) is 0 Å². The molecule has 1 aliphatic rings. The number of ether oxygens (including phenoxy) is 1. The van der Waals surface area contributed by atoms with Gasteiger partial charge in [-0.25, -0.2) is 0 Å². The lowest BCUT2D eigenvalue weighted by Crippen LogP contribution is -2.37. The second-order valence-corrected chi connectivity index (χ2v) is 6.67. The van der Waals surface area contributed by atoms with Crippen LogP contribution in [0.5, 0.6) is 0 Å². The zero-order valence-corrected chi connectivity index (χ0v) is 13.2. The summed E-state index contributed by atoms with van der Waals surface area (Å²) < 4.78 is 5.79. The highest BCUT2D eigenvalue weighted by molar-refractivity contribution is 7.07. The average molecular weight is 297 g/mol. The van der Waals surface area contributed by atoms with E-state index in [-0.39, 0.29) is 0 Å². The van der Waals surface area contributed by atoms with Gasteiger partial charge in [-0.2, -0.15) is 11.3 Å². The predicted octanol–water partition coefficient (Wildman–Crippen LogP) is 2.98. The maximum absolute atomic E-state index is 9.97. The highest BCUT2D eigenvalue weighted by atomic mass is 32.1. The summed E-state index contributed by atoms with van der Waals surface area (Å²) in [7, 11) is 0. The second-order valence-electron chi connectivity index (χ2n) is 5.89. The zero-order chi connectivity index (χ0) is 14.2. The van der Waals surface area contributed by atoms with E-state index in [1.807, 2.05) is 0 Å². The van der Waals surface area contributed by atoms with Crippen LogP contribution in [-0.4, -0.2) is 36.5 Å². The molecule has 1 fully saturated rings. The van der Waals surface area contributed by atoms with Gasteiger partial charge in [0, 0.05) is 12.6 Å². The van der Waals surface area contributed by atoms with E-state index in [1.54, 1.807) is 11.3 Å². The summed E-state index contributed by atoms with van der Waals surface area (Å²) in [5.41, 5.74) is 1.36. The molecule has 1 saturated carbocycles. The molecule has 2 N–H and O–H groups in total. The molecule has 0 bridgehead atoms. The van der Waals surface area contributed by atoms with Crippen LogP contribution >= 0.6 is 11.3 Å². The summed E-state index contributed by atoms with van der Waals surface area (Å²) in [6, 6.07) is 2.54. The van der Waals surface area contributed by atoms with Crippen LogP contribution in [0.15, 0.2) is 16.8 Å². The van der Waals surface area contributed by atoms with Crippen molar-refractivity contribution in [2.75, 3.05) is 13.2 Å². The van der Waals surface area contributed by atoms with Crippen molar-refractivity contribution < 1.29 is 9.84 Å². The number of hydrogen-bond donors (Lipinski definition) is 2. The van der Waals surface area contributed by atoms with Crippen LogP contribution in [0.3, 0.4) is 0 Å². The Kier molecular flexibility index (Phi) is 7.00.